The van der Waals surface area contributed by atoms with Crippen LogP contribution >= 0.6 is 0 Å². The number of carbonyl (C=O) groups excluding carboxylic acids is 2. The number of aromatic amines is 1. The number of amides is 2. The van der Waals surface area contributed by atoms with Crippen molar-refractivity contribution < 1.29 is 36.6 Å². The average molecular weight is 622 g/mol. The molecule has 2 saturated heterocycles. The van der Waals surface area contributed by atoms with Crippen LogP contribution in [0.3, 0.4) is 0 Å². The number of aromatic nitrogens is 1. The maximum Gasteiger partial charge on any atom is 0.417 e. The van der Waals surface area contributed by atoms with Gasteiger partial charge in [-0.1, -0.05) is 6.08 Å². The molecule has 1 aromatic heterocycles. The highest BCUT2D eigenvalue weighted by Gasteiger charge is 2.39. The Bertz CT molecular complexity index is 1520. The zero-order valence-electron chi connectivity index (χ0n) is 24.9. The number of carbonyl (C=O) groups is 2. The quantitative estimate of drug-likeness (QED) is 0.479. The molecular formula is C30H35F4N5O5. The first kappa shape index (κ1) is 31.5. The number of hydrogen-bond acceptors (Lipinski definition) is 7. The summed E-state index contributed by atoms with van der Waals surface area (Å²) in [5.41, 5.74) is -2.66. The third-order valence-corrected chi connectivity index (χ3v) is 8.47. The van der Waals surface area contributed by atoms with Crippen LogP contribution < -0.4 is 15.8 Å². The van der Waals surface area contributed by atoms with Crippen molar-refractivity contribution >= 4 is 28.9 Å². The zero-order chi connectivity index (χ0) is 32.0. The Balaban J connectivity index is 1.47. The minimum absolute atomic E-state index is 0.0709. The van der Waals surface area contributed by atoms with E-state index in [-0.39, 0.29) is 42.8 Å². The van der Waals surface area contributed by atoms with Crippen molar-refractivity contribution in [1.82, 2.24) is 14.8 Å². The topological polar surface area (TPSA) is 107 Å². The van der Waals surface area contributed by atoms with Crippen molar-refractivity contribution in [1.29, 1.82) is 0 Å². The molecule has 2 atom stereocenters. The highest BCUT2D eigenvalue weighted by molar-refractivity contribution is 6.07. The molecule has 238 valence electrons. The van der Waals surface area contributed by atoms with Gasteiger partial charge in [-0.05, 0) is 51.9 Å². The molecule has 2 amide bonds. The van der Waals surface area contributed by atoms with Crippen molar-refractivity contribution in [2.24, 2.45) is 0 Å². The van der Waals surface area contributed by atoms with E-state index < -0.39 is 46.3 Å². The summed E-state index contributed by atoms with van der Waals surface area (Å²) < 4.78 is 67.7. The Kier molecular flexibility index (Phi) is 8.51. The number of hydrogen-bond donors (Lipinski definition) is 2. The number of nitrogens with one attached hydrogen (secondary N) is 2. The lowest BCUT2D eigenvalue weighted by Gasteiger charge is -2.44. The first-order valence-corrected chi connectivity index (χ1v) is 14.3. The summed E-state index contributed by atoms with van der Waals surface area (Å²) in [5.74, 6) is -1.68. The Morgan fingerprint density at radius 2 is 1.82 bits per heavy atom. The van der Waals surface area contributed by atoms with Gasteiger partial charge in [0.2, 0.25) is 5.56 Å². The predicted octanol–water partition coefficient (Wildman–Crippen LogP) is 4.33. The molecule has 5 rings (SSSR count). The van der Waals surface area contributed by atoms with Crippen LogP contribution in [0.25, 0.3) is 5.57 Å². The largest absolute Gasteiger partial charge is 0.438 e. The number of halogens is 4. The van der Waals surface area contributed by atoms with Crippen LogP contribution in [0.4, 0.5) is 33.7 Å². The van der Waals surface area contributed by atoms with Gasteiger partial charge in [0.05, 0.1) is 35.7 Å². The van der Waals surface area contributed by atoms with E-state index >= 15 is 4.39 Å². The minimum atomic E-state index is -4.96. The number of pyridine rings is 1. The van der Waals surface area contributed by atoms with E-state index in [4.69, 9.17) is 9.47 Å². The highest BCUT2D eigenvalue weighted by atomic mass is 19.4. The van der Waals surface area contributed by atoms with Crippen molar-refractivity contribution in [3.05, 3.63) is 63.3 Å². The van der Waals surface area contributed by atoms with Crippen molar-refractivity contribution in [3.63, 3.8) is 0 Å². The molecule has 0 spiro atoms. The zero-order valence-corrected chi connectivity index (χ0v) is 24.9. The Morgan fingerprint density at radius 1 is 1.14 bits per heavy atom. The van der Waals surface area contributed by atoms with Crippen molar-refractivity contribution in [3.8, 4) is 0 Å². The van der Waals surface area contributed by atoms with Gasteiger partial charge in [0.1, 0.15) is 5.82 Å². The van der Waals surface area contributed by atoms with E-state index in [0.29, 0.717) is 43.6 Å². The van der Waals surface area contributed by atoms with Gasteiger partial charge in [0.25, 0.3) is 5.91 Å². The summed E-state index contributed by atoms with van der Waals surface area (Å²) in [4.78, 5) is 45.3. The van der Waals surface area contributed by atoms with E-state index in [2.05, 4.69) is 15.2 Å². The number of rotatable bonds is 5. The lowest BCUT2D eigenvalue weighted by atomic mass is 9.97. The van der Waals surface area contributed by atoms with Crippen LogP contribution in [0.15, 0.2) is 35.3 Å². The molecule has 3 aliphatic heterocycles. The fourth-order valence-electron chi connectivity index (χ4n) is 5.66. The molecular weight excluding hydrogens is 586 g/mol. The van der Waals surface area contributed by atoms with Crippen molar-refractivity contribution in [2.75, 3.05) is 56.7 Å². The first-order valence-electron chi connectivity index (χ1n) is 14.3. The van der Waals surface area contributed by atoms with Crippen LogP contribution in [0, 0.1) is 5.82 Å². The van der Waals surface area contributed by atoms with Crippen LogP contribution in [-0.4, -0.2) is 90.9 Å². The molecule has 1 aromatic carbocycles. The van der Waals surface area contributed by atoms with E-state index in [0.717, 1.165) is 6.20 Å². The smallest absolute Gasteiger partial charge is 0.417 e. The number of anilines is 2. The van der Waals surface area contributed by atoms with Gasteiger partial charge >= 0.3 is 12.3 Å². The third kappa shape index (κ3) is 6.46. The third-order valence-electron chi connectivity index (χ3n) is 8.47. The summed E-state index contributed by atoms with van der Waals surface area (Å²) in [6.07, 6.45) is -2.76. The molecule has 2 fully saturated rings. The fraction of sp³-hybridized carbons (Fsp3) is 0.500. The van der Waals surface area contributed by atoms with E-state index in [1.54, 1.807) is 13.0 Å². The van der Waals surface area contributed by atoms with Gasteiger partial charge in [0.15, 0.2) is 5.60 Å². The normalized spacial score (nSPS) is 22.2. The number of ether oxygens (including phenoxy) is 2. The van der Waals surface area contributed by atoms with Crippen LogP contribution in [0.1, 0.15) is 48.7 Å². The second-order valence-electron chi connectivity index (χ2n) is 11.9. The molecule has 3 aliphatic rings. The molecule has 4 heterocycles. The van der Waals surface area contributed by atoms with E-state index in [1.165, 1.54) is 17.0 Å². The number of nitrogens with zero attached hydrogens (tertiary/aromatic N) is 3. The second kappa shape index (κ2) is 11.9. The van der Waals surface area contributed by atoms with Crippen molar-refractivity contribution in [2.45, 2.75) is 51.1 Å². The predicted molar refractivity (Wildman–Crippen MR) is 155 cm³/mol. The number of H-pyrrole nitrogens is 1. The summed E-state index contributed by atoms with van der Waals surface area (Å²) in [5, 5.41) is 2.56. The molecule has 0 aliphatic carbocycles. The Labute approximate surface area is 251 Å². The lowest BCUT2D eigenvalue weighted by molar-refractivity contribution is -0.171. The summed E-state index contributed by atoms with van der Waals surface area (Å²) in [6, 6.07) is 3.18. The molecule has 14 heteroatoms. The molecule has 0 bridgehead atoms. The number of likely N-dealkylation sites (N-methyl/N-ethyl adjacent to an activating group) is 1. The molecule has 0 radical (unpaired) electrons. The van der Waals surface area contributed by atoms with Gasteiger partial charge in [-0.3, -0.25) is 14.5 Å². The Hall–Kier alpha value is -3.91. The standard InChI is InChI=1S/C30H35F4N5O5/c1-17-13-39(14-18(2)37(17)4)25-11-23(31)20(19-5-7-38(8-6-19)28(42)44-29(3)15-43-16-29)9-24(25)36-27(41)21-12-35-26(40)10-22(21)30(32,33)34/h5,9-12,17-18H,6-8,13-16H2,1-4H3,(H,35,40)(H,36,41)/t17-,18+. The lowest BCUT2D eigenvalue weighted by Crippen LogP contribution is -2.55. The van der Waals surface area contributed by atoms with Gasteiger partial charge in [-0.15, -0.1) is 0 Å². The summed E-state index contributed by atoms with van der Waals surface area (Å²) >= 11 is 0. The Morgan fingerprint density at radius 3 is 2.39 bits per heavy atom. The molecule has 10 nitrogen and oxygen atoms in total. The number of alkyl halides is 3. The summed E-state index contributed by atoms with van der Waals surface area (Å²) in [6.45, 7) is 7.80. The molecule has 0 unspecified atom stereocenters. The van der Waals surface area contributed by atoms with Gasteiger partial charge in [-0.25, -0.2) is 9.18 Å². The van der Waals surface area contributed by atoms with E-state index in [9.17, 15) is 27.6 Å². The monoisotopic (exact) mass is 621 g/mol. The van der Waals surface area contributed by atoms with Gasteiger partial charge in [-0.2, -0.15) is 13.2 Å². The molecule has 2 aromatic rings. The SMILES string of the molecule is C[C@@H]1CN(c2cc(F)c(C3=CCN(C(=O)OC4(C)COC4)CC3)cc2NC(=O)c2c[nH]c(=O)cc2C(F)(F)F)C[C@H](C)N1C. The maximum atomic E-state index is 15.8. The number of piperazine rings is 1. The fourth-order valence-corrected chi connectivity index (χ4v) is 5.66. The van der Waals surface area contributed by atoms with Gasteiger partial charge in [0, 0.05) is 56.1 Å². The van der Waals surface area contributed by atoms with Crippen LogP contribution in [-0.2, 0) is 15.7 Å². The molecule has 44 heavy (non-hydrogen) atoms. The average Bonchev–Trinajstić information content (AvgIpc) is 2.95. The first-order chi connectivity index (χ1) is 20.6. The van der Waals surface area contributed by atoms with E-state index in [1.807, 2.05) is 25.8 Å². The minimum Gasteiger partial charge on any atom is -0.438 e. The molecule has 0 saturated carbocycles. The maximum absolute atomic E-state index is 15.8. The summed E-state index contributed by atoms with van der Waals surface area (Å²) in [7, 11) is 1.98. The van der Waals surface area contributed by atoms with Gasteiger partial charge < -0.3 is 29.6 Å². The van der Waals surface area contributed by atoms with Crippen LogP contribution in [0.5, 0.6) is 0 Å². The highest BCUT2D eigenvalue weighted by Crippen LogP contribution is 2.37. The number of benzene rings is 1. The second-order valence-corrected chi connectivity index (χ2v) is 11.9. The molecule has 2 N–H and O–H groups in total. The van der Waals surface area contributed by atoms with Crippen LogP contribution in [0.2, 0.25) is 0 Å².